The maximum atomic E-state index is 10.3. The summed E-state index contributed by atoms with van der Waals surface area (Å²) in [4.78, 5) is 0. The molecule has 1 aliphatic rings. The standard InChI is InChI=1S/C28H37NO3Si/c1-18(2)33(19(3)4,20(5)6)14-13-21-11-12-25-23(15-21)22-9-7-8-10-24(22)29(25)28-16-26(31)27(17-30)32-28/h7-12,15,18-20,26-28,30-31H,16-17H2,1-6H3/t26-,27+,28-/m0/s1. The highest BCUT2D eigenvalue weighted by molar-refractivity contribution is 6.90. The lowest BCUT2D eigenvalue weighted by atomic mass is 10.1. The van der Waals surface area contributed by atoms with Crippen molar-refractivity contribution in [3.05, 3.63) is 48.0 Å². The van der Waals surface area contributed by atoms with Gasteiger partial charge in [0.05, 0.1) is 23.7 Å². The molecule has 2 heterocycles. The molecule has 0 saturated carbocycles. The molecular weight excluding hydrogens is 426 g/mol. The van der Waals surface area contributed by atoms with Crippen LogP contribution >= 0.6 is 0 Å². The third kappa shape index (κ3) is 4.04. The van der Waals surface area contributed by atoms with Gasteiger partial charge in [0.25, 0.3) is 0 Å². The Morgan fingerprint density at radius 2 is 1.61 bits per heavy atom. The van der Waals surface area contributed by atoms with Gasteiger partial charge in [0.15, 0.2) is 0 Å². The van der Waals surface area contributed by atoms with Crippen LogP contribution in [0.1, 0.15) is 59.8 Å². The average molecular weight is 464 g/mol. The summed E-state index contributed by atoms with van der Waals surface area (Å²) in [5.41, 5.74) is 8.82. The number of hydrogen-bond acceptors (Lipinski definition) is 3. The number of aliphatic hydroxyl groups is 2. The zero-order chi connectivity index (χ0) is 23.9. The second kappa shape index (κ2) is 9.27. The molecule has 5 heteroatoms. The Morgan fingerprint density at radius 1 is 0.970 bits per heavy atom. The van der Waals surface area contributed by atoms with E-state index in [0.29, 0.717) is 23.0 Å². The molecule has 3 aromatic rings. The minimum atomic E-state index is -1.80. The van der Waals surface area contributed by atoms with Gasteiger partial charge in [-0.2, -0.15) is 0 Å². The van der Waals surface area contributed by atoms with Gasteiger partial charge < -0.3 is 19.5 Å². The van der Waals surface area contributed by atoms with Crippen LogP contribution in [0.15, 0.2) is 42.5 Å². The van der Waals surface area contributed by atoms with Crippen LogP contribution in [-0.2, 0) is 4.74 Å². The van der Waals surface area contributed by atoms with Gasteiger partial charge in [-0.25, -0.2) is 0 Å². The highest BCUT2D eigenvalue weighted by atomic mass is 28.3. The zero-order valence-electron chi connectivity index (χ0n) is 20.7. The molecule has 176 valence electrons. The van der Waals surface area contributed by atoms with Gasteiger partial charge in [-0.15, -0.1) is 5.54 Å². The monoisotopic (exact) mass is 463 g/mol. The van der Waals surface area contributed by atoms with Crippen LogP contribution in [0, 0.1) is 11.5 Å². The Hall–Kier alpha value is -2.10. The molecule has 1 saturated heterocycles. The third-order valence-electron chi connectivity index (χ3n) is 7.67. The molecule has 0 radical (unpaired) electrons. The minimum absolute atomic E-state index is 0.179. The minimum Gasteiger partial charge on any atom is -0.394 e. The molecule has 1 aromatic heterocycles. The SMILES string of the molecule is CC(C)[Si](C#Cc1ccc2c(c1)c1ccccc1n2[C@@H]1C[C@H](O)[C@@H](CO)O1)(C(C)C)C(C)C. The number of benzene rings is 2. The summed E-state index contributed by atoms with van der Waals surface area (Å²) in [7, 11) is -1.80. The molecule has 1 aliphatic heterocycles. The summed E-state index contributed by atoms with van der Waals surface area (Å²) in [5, 5.41) is 22.2. The number of aromatic nitrogens is 1. The first-order valence-electron chi connectivity index (χ1n) is 12.2. The van der Waals surface area contributed by atoms with Crippen LogP contribution in [0.5, 0.6) is 0 Å². The molecule has 4 rings (SSSR count). The van der Waals surface area contributed by atoms with Crippen molar-refractivity contribution in [3.8, 4) is 11.5 Å². The molecule has 0 unspecified atom stereocenters. The molecule has 2 N–H and O–H groups in total. The molecule has 3 atom stereocenters. The number of aliphatic hydroxyl groups excluding tert-OH is 2. The number of para-hydroxylation sites is 1. The van der Waals surface area contributed by atoms with Crippen molar-refractivity contribution in [1.82, 2.24) is 4.57 Å². The Labute approximate surface area is 198 Å². The van der Waals surface area contributed by atoms with Gasteiger partial charge in [0.1, 0.15) is 20.4 Å². The average Bonchev–Trinajstić information content (AvgIpc) is 3.30. The van der Waals surface area contributed by atoms with Crippen molar-refractivity contribution in [2.24, 2.45) is 0 Å². The van der Waals surface area contributed by atoms with Crippen LogP contribution < -0.4 is 0 Å². The second-order valence-corrected chi connectivity index (χ2v) is 16.0. The van der Waals surface area contributed by atoms with Crippen LogP contribution in [0.4, 0.5) is 0 Å². The van der Waals surface area contributed by atoms with E-state index in [9.17, 15) is 10.2 Å². The van der Waals surface area contributed by atoms with Gasteiger partial charge in [-0.3, -0.25) is 0 Å². The maximum Gasteiger partial charge on any atom is 0.146 e. The van der Waals surface area contributed by atoms with Gasteiger partial charge in [0.2, 0.25) is 0 Å². The Bertz CT molecular complexity index is 1180. The Balaban J connectivity index is 1.84. The largest absolute Gasteiger partial charge is 0.394 e. The summed E-state index contributed by atoms with van der Waals surface area (Å²) in [6.45, 7) is 13.9. The number of rotatable bonds is 5. The molecular formula is C28H37NO3Si. The lowest BCUT2D eigenvalue weighted by molar-refractivity contribution is -0.0416. The fourth-order valence-electron chi connectivity index (χ4n) is 6.04. The normalized spacial score (nSPS) is 21.5. The molecule has 0 aliphatic carbocycles. The van der Waals surface area contributed by atoms with Crippen molar-refractivity contribution in [3.63, 3.8) is 0 Å². The summed E-state index contributed by atoms with van der Waals surface area (Å²) in [5.74, 6) is 3.59. The quantitative estimate of drug-likeness (QED) is 0.360. The van der Waals surface area contributed by atoms with Crippen molar-refractivity contribution in [1.29, 1.82) is 0 Å². The number of ether oxygens (including phenoxy) is 1. The van der Waals surface area contributed by atoms with Crippen molar-refractivity contribution in [2.45, 2.75) is 83.0 Å². The first kappa shape index (κ1) is 24.0. The highest BCUT2D eigenvalue weighted by Gasteiger charge is 2.41. The zero-order valence-corrected chi connectivity index (χ0v) is 21.7. The molecule has 33 heavy (non-hydrogen) atoms. The number of hydrogen-bond donors (Lipinski definition) is 2. The summed E-state index contributed by atoms with van der Waals surface area (Å²) in [6, 6.07) is 14.8. The van der Waals surface area contributed by atoms with Crippen molar-refractivity contribution in [2.75, 3.05) is 6.61 Å². The van der Waals surface area contributed by atoms with E-state index in [1.54, 1.807) is 0 Å². The molecule has 1 fully saturated rings. The van der Waals surface area contributed by atoms with Gasteiger partial charge in [-0.1, -0.05) is 65.7 Å². The Morgan fingerprint density at radius 3 is 2.21 bits per heavy atom. The summed E-state index contributed by atoms with van der Waals surface area (Å²) in [6.07, 6.45) is -1.05. The topological polar surface area (TPSA) is 54.6 Å². The predicted octanol–water partition coefficient (Wildman–Crippen LogP) is 6.00. The fourth-order valence-corrected chi connectivity index (χ4v) is 11.3. The predicted molar refractivity (Wildman–Crippen MR) is 139 cm³/mol. The van der Waals surface area contributed by atoms with Crippen molar-refractivity contribution >= 4 is 29.9 Å². The van der Waals surface area contributed by atoms with Gasteiger partial charge in [0, 0.05) is 22.8 Å². The molecule has 0 amide bonds. The molecule has 4 nitrogen and oxygen atoms in total. The van der Waals surface area contributed by atoms with E-state index in [1.807, 2.05) is 6.07 Å². The van der Waals surface area contributed by atoms with Crippen LogP contribution in [0.2, 0.25) is 16.6 Å². The van der Waals surface area contributed by atoms with Crippen molar-refractivity contribution < 1.29 is 14.9 Å². The van der Waals surface area contributed by atoms with E-state index in [0.717, 1.165) is 27.4 Å². The van der Waals surface area contributed by atoms with E-state index in [4.69, 9.17) is 4.74 Å². The second-order valence-electron chi connectivity index (χ2n) is 10.4. The highest BCUT2D eigenvalue weighted by Crippen LogP contribution is 2.41. The maximum absolute atomic E-state index is 10.3. The lowest BCUT2D eigenvalue weighted by Crippen LogP contribution is -2.43. The molecule has 0 spiro atoms. The van der Waals surface area contributed by atoms with Crippen LogP contribution in [-0.4, -0.2) is 41.7 Å². The fraction of sp³-hybridized carbons (Fsp3) is 0.500. The van der Waals surface area contributed by atoms with E-state index >= 15 is 0 Å². The third-order valence-corrected chi connectivity index (χ3v) is 14.0. The van der Waals surface area contributed by atoms with Crippen LogP contribution in [0.3, 0.4) is 0 Å². The van der Waals surface area contributed by atoms with Gasteiger partial charge >= 0.3 is 0 Å². The number of nitrogens with zero attached hydrogens (tertiary/aromatic N) is 1. The van der Waals surface area contributed by atoms with E-state index < -0.39 is 20.3 Å². The molecule has 0 bridgehead atoms. The summed E-state index contributed by atoms with van der Waals surface area (Å²) >= 11 is 0. The molecule has 2 aromatic carbocycles. The van der Waals surface area contributed by atoms with E-state index in [-0.39, 0.29) is 12.8 Å². The number of fused-ring (bicyclic) bond motifs is 3. The van der Waals surface area contributed by atoms with E-state index in [2.05, 4.69) is 94.0 Å². The smallest absolute Gasteiger partial charge is 0.146 e. The Kier molecular flexibility index (Phi) is 6.75. The lowest BCUT2D eigenvalue weighted by Gasteiger charge is -2.38. The summed E-state index contributed by atoms with van der Waals surface area (Å²) < 4.78 is 8.19. The first-order chi connectivity index (χ1) is 15.7. The first-order valence-corrected chi connectivity index (χ1v) is 14.4. The van der Waals surface area contributed by atoms with Gasteiger partial charge in [-0.05, 0) is 40.9 Å². The van der Waals surface area contributed by atoms with Crippen LogP contribution in [0.25, 0.3) is 21.8 Å². The van der Waals surface area contributed by atoms with E-state index in [1.165, 1.54) is 0 Å².